The minimum atomic E-state index is -4.82. The number of likely N-dealkylation sites (tertiary alicyclic amines) is 1. The molecule has 172 valence electrons. The van der Waals surface area contributed by atoms with Crippen molar-refractivity contribution in [3.8, 4) is 16.9 Å². The summed E-state index contributed by atoms with van der Waals surface area (Å²) in [5, 5.41) is 3.22. The molecule has 1 amide bonds. The molecule has 1 saturated heterocycles. The second-order valence-electron chi connectivity index (χ2n) is 7.51. The fraction of sp³-hybridized carbons (Fsp3) is 0.391. The lowest BCUT2D eigenvalue weighted by atomic mass is 9.97. The highest BCUT2D eigenvalue weighted by Crippen LogP contribution is 2.38. The topological polar surface area (TPSA) is 58.6 Å². The lowest BCUT2D eigenvalue weighted by molar-refractivity contribution is -0.274. The van der Waals surface area contributed by atoms with E-state index >= 15 is 0 Å². The minimum absolute atomic E-state index is 0.0155. The molecule has 1 N–H and O–H groups in total. The van der Waals surface area contributed by atoms with Crippen LogP contribution >= 0.6 is 11.6 Å². The van der Waals surface area contributed by atoms with Crippen molar-refractivity contribution in [3.05, 3.63) is 47.5 Å². The van der Waals surface area contributed by atoms with Crippen molar-refractivity contribution in [2.24, 2.45) is 0 Å². The fourth-order valence-corrected chi connectivity index (χ4v) is 4.10. The highest BCUT2D eigenvalue weighted by molar-refractivity contribution is 6.33. The zero-order chi connectivity index (χ0) is 23.3. The summed E-state index contributed by atoms with van der Waals surface area (Å²) in [6.45, 7) is 2.38. The number of carbonyl (C=O) groups is 2. The van der Waals surface area contributed by atoms with E-state index in [0.29, 0.717) is 30.6 Å². The van der Waals surface area contributed by atoms with Gasteiger partial charge in [0.25, 0.3) is 0 Å². The number of piperidine rings is 1. The number of nitrogens with zero attached hydrogens (tertiary/aromatic N) is 1. The molecule has 1 unspecified atom stereocenters. The molecule has 9 heteroatoms. The maximum atomic E-state index is 12.7. The highest BCUT2D eigenvalue weighted by atomic mass is 35.5. The van der Waals surface area contributed by atoms with Gasteiger partial charge in [0.05, 0.1) is 17.6 Å². The van der Waals surface area contributed by atoms with E-state index in [1.807, 2.05) is 0 Å². The first-order valence-corrected chi connectivity index (χ1v) is 10.8. The number of rotatable bonds is 7. The summed E-state index contributed by atoms with van der Waals surface area (Å²) in [7, 11) is 0. The summed E-state index contributed by atoms with van der Waals surface area (Å²) in [6.07, 6.45) is -2.05. The van der Waals surface area contributed by atoms with Crippen LogP contribution in [0, 0.1) is 0 Å². The van der Waals surface area contributed by atoms with Gasteiger partial charge in [-0.2, -0.15) is 0 Å². The van der Waals surface area contributed by atoms with Crippen LogP contribution < -0.4 is 10.1 Å². The van der Waals surface area contributed by atoms with Crippen LogP contribution in [0.4, 0.5) is 18.9 Å². The highest BCUT2D eigenvalue weighted by Gasteiger charge is 2.33. The number of benzene rings is 2. The largest absolute Gasteiger partial charge is 0.573 e. The number of ether oxygens (including phenoxy) is 1. The van der Waals surface area contributed by atoms with Crippen molar-refractivity contribution in [1.29, 1.82) is 0 Å². The Morgan fingerprint density at radius 2 is 1.91 bits per heavy atom. The first-order valence-electron chi connectivity index (χ1n) is 10.4. The number of hydrogen-bond donors (Lipinski definition) is 1. The van der Waals surface area contributed by atoms with Gasteiger partial charge in [-0.05, 0) is 37.5 Å². The van der Waals surface area contributed by atoms with Crippen LogP contribution in [-0.2, 0) is 9.59 Å². The third-order valence-electron chi connectivity index (χ3n) is 5.34. The van der Waals surface area contributed by atoms with E-state index in [4.69, 9.17) is 11.6 Å². The fourth-order valence-electron chi connectivity index (χ4n) is 3.82. The summed E-state index contributed by atoms with van der Waals surface area (Å²) in [5.41, 5.74) is 1.12. The molecule has 0 saturated carbocycles. The van der Waals surface area contributed by atoms with E-state index < -0.39 is 12.4 Å². The molecule has 1 atom stereocenters. The van der Waals surface area contributed by atoms with Crippen molar-refractivity contribution in [2.45, 2.75) is 45.0 Å². The average Bonchev–Trinajstić information content (AvgIpc) is 2.76. The number of nitrogens with one attached hydrogen (secondary N) is 1. The maximum Gasteiger partial charge on any atom is 0.573 e. The molecule has 3 rings (SSSR count). The molecule has 2 aromatic rings. The standard InChI is InChI=1S/C23H24ClF3N2O3/c1-2-22(31)29-12-6-5-8-19(29)20(30)14-28-15-10-11-16(18(24)13-15)17-7-3-4-9-21(17)32-23(25,26)27/h3-4,7,9-11,13,19,28H,2,5-6,8,12,14H2,1H3. The second kappa shape index (κ2) is 10.3. The first-order chi connectivity index (χ1) is 15.2. The summed E-state index contributed by atoms with van der Waals surface area (Å²) >= 11 is 6.34. The number of anilines is 1. The van der Waals surface area contributed by atoms with Crippen LogP contribution in [0.2, 0.25) is 5.02 Å². The zero-order valence-corrected chi connectivity index (χ0v) is 18.3. The minimum Gasteiger partial charge on any atom is -0.405 e. The molecule has 2 aromatic carbocycles. The van der Waals surface area contributed by atoms with Crippen LogP contribution in [0.1, 0.15) is 32.6 Å². The molecule has 0 spiro atoms. The van der Waals surface area contributed by atoms with E-state index in [2.05, 4.69) is 10.1 Å². The van der Waals surface area contributed by atoms with E-state index in [1.54, 1.807) is 36.1 Å². The SMILES string of the molecule is CCC(=O)N1CCCCC1C(=O)CNc1ccc(-c2ccccc2OC(F)(F)F)c(Cl)c1. The molecular formula is C23H24ClF3N2O3. The Bertz CT molecular complexity index is 981. The number of halogens is 4. The summed E-state index contributed by atoms with van der Waals surface area (Å²) in [6, 6.07) is 10.1. The number of hydrogen-bond acceptors (Lipinski definition) is 4. The average molecular weight is 469 g/mol. The molecule has 0 bridgehead atoms. The Morgan fingerprint density at radius 3 is 2.59 bits per heavy atom. The number of carbonyl (C=O) groups excluding carboxylic acids is 2. The van der Waals surface area contributed by atoms with E-state index in [-0.39, 0.29) is 34.6 Å². The van der Waals surface area contributed by atoms with Gasteiger partial charge in [0.2, 0.25) is 5.91 Å². The molecular weight excluding hydrogens is 445 g/mol. The first kappa shape index (κ1) is 23.9. The molecule has 0 radical (unpaired) electrons. The monoisotopic (exact) mass is 468 g/mol. The van der Waals surface area contributed by atoms with Gasteiger partial charge in [-0.15, -0.1) is 13.2 Å². The van der Waals surface area contributed by atoms with E-state index in [9.17, 15) is 22.8 Å². The van der Waals surface area contributed by atoms with E-state index in [0.717, 1.165) is 12.8 Å². The number of para-hydroxylation sites is 1. The summed E-state index contributed by atoms with van der Waals surface area (Å²) < 4.78 is 42.2. The molecule has 0 aliphatic carbocycles. The zero-order valence-electron chi connectivity index (χ0n) is 17.5. The van der Waals surface area contributed by atoms with Crippen LogP contribution in [-0.4, -0.2) is 42.1 Å². The van der Waals surface area contributed by atoms with Crippen molar-refractivity contribution >= 4 is 29.0 Å². The van der Waals surface area contributed by atoms with Gasteiger partial charge in [-0.1, -0.05) is 42.8 Å². The van der Waals surface area contributed by atoms with Gasteiger partial charge >= 0.3 is 6.36 Å². The van der Waals surface area contributed by atoms with Gasteiger partial charge < -0.3 is 15.0 Å². The Labute approximate surface area is 189 Å². The number of alkyl halides is 3. The molecule has 1 fully saturated rings. The lowest BCUT2D eigenvalue weighted by Gasteiger charge is -2.34. The normalized spacial score (nSPS) is 16.5. The molecule has 1 heterocycles. The van der Waals surface area contributed by atoms with Gasteiger partial charge in [0.1, 0.15) is 5.75 Å². The Hall–Kier alpha value is -2.74. The Morgan fingerprint density at radius 1 is 1.16 bits per heavy atom. The van der Waals surface area contributed by atoms with Gasteiger partial charge in [0.15, 0.2) is 5.78 Å². The quantitative estimate of drug-likeness (QED) is 0.568. The molecule has 5 nitrogen and oxygen atoms in total. The van der Waals surface area contributed by atoms with E-state index in [1.165, 1.54) is 18.2 Å². The predicted octanol–water partition coefficient (Wildman–Crippen LogP) is 5.68. The van der Waals surface area contributed by atoms with Gasteiger partial charge in [0, 0.05) is 29.8 Å². The van der Waals surface area contributed by atoms with Crippen molar-refractivity contribution < 1.29 is 27.5 Å². The predicted molar refractivity (Wildman–Crippen MR) is 117 cm³/mol. The molecule has 0 aromatic heterocycles. The second-order valence-corrected chi connectivity index (χ2v) is 7.92. The lowest BCUT2D eigenvalue weighted by Crippen LogP contribution is -2.49. The number of amides is 1. The third kappa shape index (κ3) is 5.94. The third-order valence-corrected chi connectivity index (χ3v) is 5.65. The number of Topliss-reactive ketones (excluding diaryl/α,β-unsaturated/α-hetero) is 1. The molecule has 1 aliphatic rings. The van der Waals surface area contributed by atoms with Crippen LogP contribution in [0.3, 0.4) is 0 Å². The van der Waals surface area contributed by atoms with Gasteiger partial charge in [-0.3, -0.25) is 9.59 Å². The van der Waals surface area contributed by atoms with Crippen LogP contribution in [0.5, 0.6) is 5.75 Å². The van der Waals surface area contributed by atoms with Crippen molar-refractivity contribution in [1.82, 2.24) is 4.90 Å². The summed E-state index contributed by atoms with van der Waals surface area (Å²) in [5.74, 6) is -0.471. The molecule has 1 aliphatic heterocycles. The Balaban J connectivity index is 1.71. The Kier molecular flexibility index (Phi) is 7.66. The number of ketones is 1. The summed E-state index contributed by atoms with van der Waals surface area (Å²) in [4.78, 5) is 26.5. The van der Waals surface area contributed by atoms with Crippen LogP contribution in [0.25, 0.3) is 11.1 Å². The van der Waals surface area contributed by atoms with Crippen molar-refractivity contribution in [3.63, 3.8) is 0 Å². The van der Waals surface area contributed by atoms with Gasteiger partial charge in [-0.25, -0.2) is 0 Å². The smallest absolute Gasteiger partial charge is 0.405 e. The molecule has 32 heavy (non-hydrogen) atoms. The maximum absolute atomic E-state index is 12.7. The van der Waals surface area contributed by atoms with Crippen LogP contribution in [0.15, 0.2) is 42.5 Å². The van der Waals surface area contributed by atoms with Crippen molar-refractivity contribution in [2.75, 3.05) is 18.4 Å².